The van der Waals surface area contributed by atoms with E-state index < -0.39 is 99.0 Å². The maximum Gasteiger partial charge on any atom is 0.187 e. The van der Waals surface area contributed by atoms with Crippen molar-refractivity contribution in [2.24, 2.45) is 0 Å². The lowest BCUT2D eigenvalue weighted by Crippen LogP contribution is -2.62. The van der Waals surface area contributed by atoms with Crippen LogP contribution in [-0.2, 0) is 23.7 Å². The quantitative estimate of drug-likeness (QED) is 0.128. The van der Waals surface area contributed by atoms with E-state index in [0.717, 1.165) is 0 Å². The molecule has 10 N–H and O–H groups in total. The van der Waals surface area contributed by atoms with Crippen LogP contribution in [-0.4, -0.2) is 156 Å². The summed E-state index contributed by atoms with van der Waals surface area (Å²) in [5.41, 5.74) is 0. The van der Waals surface area contributed by atoms with E-state index >= 15 is 0 Å². The Labute approximate surface area is 187 Å². The van der Waals surface area contributed by atoms with E-state index in [1.54, 1.807) is 0 Å². The van der Waals surface area contributed by atoms with Gasteiger partial charge in [-0.3, -0.25) is 0 Å². The molecule has 15 heteroatoms. The molecular weight excluding hydrogens is 456 g/mol. The van der Waals surface area contributed by atoms with Crippen molar-refractivity contribution < 1.29 is 74.8 Å². The Hall–Kier alpha value is -0.890. The van der Waals surface area contributed by atoms with Crippen molar-refractivity contribution in [3.8, 4) is 0 Å². The highest BCUT2D eigenvalue weighted by Gasteiger charge is 2.49. The molecule has 2 heterocycles. The molecule has 0 spiro atoms. The lowest BCUT2D eigenvalue weighted by atomic mass is 9.98. The van der Waals surface area contributed by atoms with Gasteiger partial charge in [-0.1, -0.05) is 0 Å². The molecule has 14 atom stereocenters. The Morgan fingerprint density at radius 2 is 1.36 bits per heavy atom. The summed E-state index contributed by atoms with van der Waals surface area (Å²) in [5, 5.41) is 98.5. The molecule has 15 nitrogen and oxygen atoms in total. The summed E-state index contributed by atoms with van der Waals surface area (Å²) in [6, 6.07) is 0. The summed E-state index contributed by atoms with van der Waals surface area (Å²) in [6.45, 7) is -0.449. The topological polar surface area (TPSA) is 256 Å². The Bertz CT molecular complexity index is 607. The summed E-state index contributed by atoms with van der Waals surface area (Å²) >= 11 is 0. The molecule has 2 fully saturated rings. The average Bonchev–Trinajstić information content (AvgIpc) is 2.81. The van der Waals surface area contributed by atoms with Gasteiger partial charge >= 0.3 is 0 Å². The number of rotatable bonds is 10. The third-order valence-electron chi connectivity index (χ3n) is 5.62. The first-order chi connectivity index (χ1) is 15.5. The first kappa shape index (κ1) is 28.3. The normalized spacial score (nSPS) is 43.5. The summed E-state index contributed by atoms with van der Waals surface area (Å²) in [4.78, 5) is 11.8. The minimum Gasteiger partial charge on any atom is -0.394 e. The standard InChI is InChI=1S/C18H32O15/c1-5-9(23)12(26)14(28)17(30-5)32-8(4-21)16(10(24)6(22)2-19)33-18-15(29)13(27)11(25)7(3-20)31-18/h4-20,22-29H,2-3H2,1H3/t5-,6+,7+,8-,9-,10-,11+,12+,13-,14+,15+,16+,17-,18-/m0/s1. The molecule has 0 amide bonds. The predicted molar refractivity (Wildman–Crippen MR) is 101 cm³/mol. The Balaban J connectivity index is 2.27. The zero-order valence-electron chi connectivity index (χ0n) is 17.6. The van der Waals surface area contributed by atoms with Gasteiger partial charge in [0, 0.05) is 0 Å². The van der Waals surface area contributed by atoms with E-state index in [4.69, 9.17) is 18.9 Å². The van der Waals surface area contributed by atoms with Gasteiger partial charge in [0.15, 0.2) is 18.9 Å². The Morgan fingerprint density at radius 1 is 0.818 bits per heavy atom. The molecule has 2 rings (SSSR count). The molecule has 0 aromatic carbocycles. The fourth-order valence-corrected chi connectivity index (χ4v) is 3.48. The Kier molecular flexibility index (Phi) is 10.5. The van der Waals surface area contributed by atoms with Crippen molar-refractivity contribution in [2.75, 3.05) is 13.2 Å². The molecule has 194 valence electrons. The molecule has 33 heavy (non-hydrogen) atoms. The molecule has 0 aromatic heterocycles. The SMILES string of the molecule is C[C@@H]1O[C@@H](O[C@@H](C=O)[C@@H](O[C@@H]2O[C@H](CO)[C@@H](O)[C@H](O)[C@H]2O)[C@@H](O)[C@H](O)CO)[C@H](O)[C@H](O)[C@H]1O. The summed E-state index contributed by atoms with van der Waals surface area (Å²) < 4.78 is 21.1. The van der Waals surface area contributed by atoms with Crippen molar-refractivity contribution in [2.45, 2.75) is 92.8 Å². The van der Waals surface area contributed by atoms with Crippen LogP contribution in [0.15, 0.2) is 0 Å². The van der Waals surface area contributed by atoms with Crippen LogP contribution in [0.3, 0.4) is 0 Å². The van der Waals surface area contributed by atoms with E-state index in [0.29, 0.717) is 0 Å². The lowest BCUT2D eigenvalue weighted by Gasteiger charge is -2.43. The number of aliphatic hydroxyl groups excluding tert-OH is 10. The average molecular weight is 488 g/mol. The smallest absolute Gasteiger partial charge is 0.187 e. The molecule has 0 aromatic rings. The lowest BCUT2D eigenvalue weighted by molar-refractivity contribution is -0.342. The summed E-state index contributed by atoms with van der Waals surface area (Å²) in [6.07, 6.45) is -24.3. The van der Waals surface area contributed by atoms with Gasteiger partial charge in [0.05, 0.1) is 19.3 Å². The zero-order chi connectivity index (χ0) is 25.0. The van der Waals surface area contributed by atoms with Crippen LogP contribution in [0.5, 0.6) is 0 Å². The van der Waals surface area contributed by atoms with Crippen LogP contribution >= 0.6 is 0 Å². The van der Waals surface area contributed by atoms with E-state index in [9.17, 15) is 55.9 Å². The molecule has 2 saturated heterocycles. The number of carbonyl (C=O) groups is 1. The molecule has 2 aliphatic heterocycles. The number of aldehydes is 1. The minimum atomic E-state index is -2.06. The van der Waals surface area contributed by atoms with Gasteiger partial charge < -0.3 is 74.8 Å². The van der Waals surface area contributed by atoms with Crippen LogP contribution in [0.4, 0.5) is 0 Å². The first-order valence-corrected chi connectivity index (χ1v) is 10.2. The maximum atomic E-state index is 11.8. The molecule has 2 aliphatic rings. The van der Waals surface area contributed by atoms with Crippen molar-refractivity contribution in [3.05, 3.63) is 0 Å². The van der Waals surface area contributed by atoms with Crippen molar-refractivity contribution in [1.82, 2.24) is 0 Å². The molecule has 0 bridgehead atoms. The van der Waals surface area contributed by atoms with Gasteiger partial charge in [0.2, 0.25) is 0 Å². The van der Waals surface area contributed by atoms with Crippen LogP contribution in [0, 0.1) is 0 Å². The number of hydrogen-bond acceptors (Lipinski definition) is 15. The fraction of sp³-hybridized carbons (Fsp3) is 0.944. The van der Waals surface area contributed by atoms with Crippen LogP contribution < -0.4 is 0 Å². The molecule has 0 unspecified atom stereocenters. The molecule has 0 radical (unpaired) electrons. The molecule has 0 aliphatic carbocycles. The second-order valence-electron chi connectivity index (χ2n) is 7.96. The first-order valence-electron chi connectivity index (χ1n) is 10.2. The van der Waals surface area contributed by atoms with Gasteiger partial charge in [-0.2, -0.15) is 0 Å². The van der Waals surface area contributed by atoms with Gasteiger partial charge in [-0.25, -0.2) is 0 Å². The highest BCUT2D eigenvalue weighted by atomic mass is 16.7. The highest BCUT2D eigenvalue weighted by Crippen LogP contribution is 2.28. The number of ether oxygens (including phenoxy) is 4. The fourth-order valence-electron chi connectivity index (χ4n) is 3.48. The largest absolute Gasteiger partial charge is 0.394 e. The van der Waals surface area contributed by atoms with E-state index in [1.165, 1.54) is 6.92 Å². The van der Waals surface area contributed by atoms with Crippen LogP contribution in [0.25, 0.3) is 0 Å². The van der Waals surface area contributed by atoms with Gasteiger partial charge in [0.25, 0.3) is 0 Å². The Morgan fingerprint density at radius 3 is 1.88 bits per heavy atom. The summed E-state index contributed by atoms with van der Waals surface area (Å²) in [5.74, 6) is 0. The van der Waals surface area contributed by atoms with E-state index in [2.05, 4.69) is 0 Å². The van der Waals surface area contributed by atoms with Crippen molar-refractivity contribution in [1.29, 1.82) is 0 Å². The molecular formula is C18H32O15. The monoisotopic (exact) mass is 488 g/mol. The van der Waals surface area contributed by atoms with Crippen LogP contribution in [0.2, 0.25) is 0 Å². The van der Waals surface area contributed by atoms with E-state index in [-0.39, 0.29) is 6.29 Å². The third kappa shape index (κ3) is 6.22. The maximum absolute atomic E-state index is 11.8. The van der Waals surface area contributed by atoms with Gasteiger partial charge in [-0.05, 0) is 6.92 Å². The second kappa shape index (κ2) is 12.2. The van der Waals surface area contributed by atoms with Gasteiger partial charge in [-0.15, -0.1) is 0 Å². The summed E-state index contributed by atoms with van der Waals surface area (Å²) in [7, 11) is 0. The minimum absolute atomic E-state index is 0.0696. The third-order valence-corrected chi connectivity index (χ3v) is 5.62. The molecule has 0 saturated carbocycles. The highest BCUT2D eigenvalue weighted by molar-refractivity contribution is 5.57. The second-order valence-corrected chi connectivity index (χ2v) is 7.96. The van der Waals surface area contributed by atoms with Crippen molar-refractivity contribution >= 4 is 6.29 Å². The number of carbonyl (C=O) groups excluding carboxylic acids is 1. The number of aliphatic hydroxyl groups is 10. The predicted octanol–water partition coefficient (Wildman–Crippen LogP) is -6.70. The van der Waals surface area contributed by atoms with Gasteiger partial charge in [0.1, 0.15) is 67.1 Å². The number of hydrogen-bond donors (Lipinski definition) is 10. The van der Waals surface area contributed by atoms with E-state index in [1.807, 2.05) is 0 Å². The zero-order valence-corrected chi connectivity index (χ0v) is 17.6. The van der Waals surface area contributed by atoms with Crippen molar-refractivity contribution in [3.63, 3.8) is 0 Å². The van der Waals surface area contributed by atoms with Crippen LogP contribution in [0.1, 0.15) is 6.92 Å².